The first-order chi connectivity index (χ1) is 15.2. The second-order valence-electron chi connectivity index (χ2n) is 7.05. The minimum atomic E-state index is -4.10. The van der Waals surface area contributed by atoms with E-state index >= 15 is 0 Å². The summed E-state index contributed by atoms with van der Waals surface area (Å²) < 4.78 is 60.7. The van der Waals surface area contributed by atoms with Crippen LogP contribution in [0.4, 0.5) is 11.4 Å². The second kappa shape index (κ2) is 8.57. The van der Waals surface area contributed by atoms with Crippen molar-refractivity contribution in [3.63, 3.8) is 0 Å². The van der Waals surface area contributed by atoms with Crippen LogP contribution in [0.3, 0.4) is 0 Å². The SMILES string of the molecule is COC(=O)c1sccc1S(=O)(=O)Nc1ccc2c(c1)N(S(=O)(=O)c1ccccc1)CCC2. The minimum absolute atomic E-state index is 0.0359. The molecule has 1 aliphatic heterocycles. The lowest BCUT2D eigenvalue weighted by Gasteiger charge is -2.31. The van der Waals surface area contributed by atoms with Crippen LogP contribution in [-0.2, 0) is 31.2 Å². The van der Waals surface area contributed by atoms with Crippen molar-refractivity contribution in [2.45, 2.75) is 22.6 Å². The van der Waals surface area contributed by atoms with E-state index in [0.717, 1.165) is 16.9 Å². The third kappa shape index (κ3) is 4.10. The number of anilines is 2. The van der Waals surface area contributed by atoms with E-state index in [9.17, 15) is 21.6 Å². The number of aryl methyl sites for hydroxylation is 1. The molecule has 0 atom stereocenters. The summed E-state index contributed by atoms with van der Waals surface area (Å²) in [7, 11) is -6.72. The maximum Gasteiger partial charge on any atom is 0.349 e. The van der Waals surface area contributed by atoms with Crippen LogP contribution in [-0.4, -0.2) is 36.5 Å². The van der Waals surface area contributed by atoms with Gasteiger partial charge in [-0.2, -0.15) is 0 Å². The molecule has 8 nitrogen and oxygen atoms in total. The Labute approximate surface area is 190 Å². The number of nitrogens with zero attached hydrogens (tertiary/aromatic N) is 1. The van der Waals surface area contributed by atoms with E-state index < -0.39 is 26.0 Å². The van der Waals surface area contributed by atoms with Gasteiger partial charge in [-0.1, -0.05) is 24.3 Å². The Morgan fingerprint density at radius 2 is 1.81 bits per heavy atom. The highest BCUT2D eigenvalue weighted by molar-refractivity contribution is 7.93. The Kier molecular flexibility index (Phi) is 5.97. The van der Waals surface area contributed by atoms with Crippen molar-refractivity contribution in [2.24, 2.45) is 0 Å². The minimum Gasteiger partial charge on any atom is -0.465 e. The average Bonchev–Trinajstić information content (AvgIpc) is 3.29. The van der Waals surface area contributed by atoms with Gasteiger partial charge in [-0.3, -0.25) is 9.03 Å². The fourth-order valence-electron chi connectivity index (χ4n) is 3.53. The van der Waals surface area contributed by atoms with Crippen LogP contribution in [0.1, 0.15) is 21.7 Å². The summed E-state index contributed by atoms with van der Waals surface area (Å²) in [4.78, 5) is 11.8. The number of sulfonamides is 2. The smallest absolute Gasteiger partial charge is 0.349 e. The molecule has 1 aliphatic rings. The standard InChI is InChI=1S/C21H20N2O6S3/c1-29-21(24)20-19(11-13-30-20)31(25,26)22-16-10-9-15-6-5-12-23(18(15)14-16)32(27,28)17-7-3-2-4-8-17/h2-4,7-11,13-14,22H,5-6,12H2,1H3. The van der Waals surface area contributed by atoms with Crippen LogP contribution in [0.5, 0.6) is 0 Å². The van der Waals surface area contributed by atoms with E-state index in [4.69, 9.17) is 0 Å². The third-order valence-corrected chi connectivity index (χ3v) is 9.31. The van der Waals surface area contributed by atoms with Crippen molar-refractivity contribution in [2.75, 3.05) is 22.7 Å². The lowest BCUT2D eigenvalue weighted by atomic mass is 10.0. The predicted octanol–water partition coefficient (Wildman–Crippen LogP) is 3.48. The highest BCUT2D eigenvalue weighted by Gasteiger charge is 2.30. The normalized spacial score (nSPS) is 14.0. The number of thiophene rings is 1. The third-order valence-electron chi connectivity index (χ3n) is 5.03. The first-order valence-corrected chi connectivity index (χ1v) is 13.4. The lowest BCUT2D eigenvalue weighted by Crippen LogP contribution is -2.35. The van der Waals surface area contributed by atoms with Gasteiger partial charge in [0.2, 0.25) is 0 Å². The van der Waals surface area contributed by atoms with Gasteiger partial charge in [0.1, 0.15) is 9.77 Å². The molecule has 0 unspecified atom stereocenters. The quantitative estimate of drug-likeness (QED) is 0.528. The largest absolute Gasteiger partial charge is 0.465 e. The van der Waals surface area contributed by atoms with E-state index in [1.807, 2.05) is 0 Å². The number of hydrogen-bond donors (Lipinski definition) is 1. The average molecular weight is 493 g/mol. The summed E-state index contributed by atoms with van der Waals surface area (Å²) in [6, 6.07) is 14.2. The molecule has 0 amide bonds. The number of benzene rings is 2. The van der Waals surface area contributed by atoms with Gasteiger partial charge in [0.15, 0.2) is 0 Å². The molecule has 168 valence electrons. The highest BCUT2D eigenvalue weighted by Crippen LogP contribution is 2.35. The molecule has 0 bridgehead atoms. The Morgan fingerprint density at radius 3 is 2.53 bits per heavy atom. The molecule has 1 N–H and O–H groups in total. The zero-order chi connectivity index (χ0) is 22.9. The molecule has 2 aromatic carbocycles. The van der Waals surface area contributed by atoms with Gasteiger partial charge in [0.05, 0.1) is 23.4 Å². The molecule has 0 radical (unpaired) electrons. The first kappa shape index (κ1) is 22.3. The van der Waals surface area contributed by atoms with Crippen LogP contribution < -0.4 is 9.03 Å². The molecule has 0 saturated heterocycles. The van der Waals surface area contributed by atoms with Crippen molar-refractivity contribution >= 4 is 48.7 Å². The number of rotatable bonds is 6. The molecular weight excluding hydrogens is 472 g/mol. The number of carbonyl (C=O) groups is 1. The molecule has 3 aromatic rings. The van der Waals surface area contributed by atoms with Crippen molar-refractivity contribution in [1.29, 1.82) is 0 Å². The van der Waals surface area contributed by atoms with Crippen molar-refractivity contribution < 1.29 is 26.4 Å². The van der Waals surface area contributed by atoms with Crippen molar-refractivity contribution in [3.05, 3.63) is 70.4 Å². The highest BCUT2D eigenvalue weighted by atomic mass is 32.2. The van der Waals surface area contributed by atoms with Gasteiger partial charge >= 0.3 is 5.97 Å². The number of hydrogen-bond acceptors (Lipinski definition) is 7. The Balaban J connectivity index is 1.70. The maximum atomic E-state index is 13.2. The topological polar surface area (TPSA) is 110 Å². The summed E-state index contributed by atoms with van der Waals surface area (Å²) in [5.74, 6) is -0.744. The van der Waals surface area contributed by atoms with Crippen LogP contribution in [0.2, 0.25) is 0 Å². The summed E-state index contributed by atoms with van der Waals surface area (Å²) >= 11 is 0.963. The fraction of sp³-hybridized carbons (Fsp3) is 0.190. The van der Waals surface area contributed by atoms with E-state index in [1.165, 1.54) is 41.1 Å². The van der Waals surface area contributed by atoms with Gasteiger partial charge in [-0.05, 0) is 54.1 Å². The molecule has 1 aromatic heterocycles. The van der Waals surface area contributed by atoms with Crippen LogP contribution in [0.15, 0.2) is 69.8 Å². The maximum absolute atomic E-state index is 13.2. The zero-order valence-corrected chi connectivity index (χ0v) is 19.5. The van der Waals surface area contributed by atoms with Gasteiger partial charge in [0.25, 0.3) is 20.0 Å². The summed E-state index contributed by atoms with van der Waals surface area (Å²) in [5, 5.41) is 1.49. The molecule has 11 heteroatoms. The van der Waals surface area contributed by atoms with Gasteiger partial charge < -0.3 is 4.74 Å². The molecule has 0 spiro atoms. The second-order valence-corrected chi connectivity index (χ2v) is 11.5. The number of nitrogens with one attached hydrogen (secondary N) is 1. The van der Waals surface area contributed by atoms with Gasteiger partial charge in [-0.25, -0.2) is 21.6 Å². The molecule has 32 heavy (non-hydrogen) atoms. The van der Waals surface area contributed by atoms with Crippen LogP contribution >= 0.6 is 11.3 Å². The predicted molar refractivity (Wildman–Crippen MR) is 122 cm³/mol. The monoisotopic (exact) mass is 492 g/mol. The zero-order valence-electron chi connectivity index (χ0n) is 17.0. The Morgan fingerprint density at radius 1 is 1.06 bits per heavy atom. The number of ether oxygens (including phenoxy) is 1. The van der Waals surface area contributed by atoms with E-state index in [-0.39, 0.29) is 26.9 Å². The number of carbonyl (C=O) groups excluding carboxylic acids is 1. The Hall–Kier alpha value is -2.89. The van der Waals surface area contributed by atoms with Gasteiger partial charge in [0, 0.05) is 6.54 Å². The fourth-order valence-corrected chi connectivity index (χ4v) is 7.47. The van der Waals surface area contributed by atoms with E-state index in [2.05, 4.69) is 9.46 Å². The molecule has 0 aliphatic carbocycles. The summed E-state index contributed by atoms with van der Waals surface area (Å²) in [5.41, 5.74) is 1.43. The van der Waals surface area contributed by atoms with E-state index in [0.29, 0.717) is 18.5 Å². The molecule has 2 heterocycles. The van der Waals surface area contributed by atoms with Crippen molar-refractivity contribution in [3.8, 4) is 0 Å². The molecule has 0 fully saturated rings. The molecule has 0 saturated carbocycles. The summed E-state index contributed by atoms with van der Waals surface area (Å²) in [6.07, 6.45) is 1.34. The number of fused-ring (bicyclic) bond motifs is 1. The summed E-state index contributed by atoms with van der Waals surface area (Å²) in [6.45, 7) is 0.289. The van der Waals surface area contributed by atoms with Crippen LogP contribution in [0.25, 0.3) is 0 Å². The van der Waals surface area contributed by atoms with Crippen molar-refractivity contribution in [1.82, 2.24) is 0 Å². The first-order valence-electron chi connectivity index (χ1n) is 9.63. The Bertz CT molecular complexity index is 1370. The molecule has 4 rings (SSSR count). The number of methoxy groups -OCH3 is 1. The van der Waals surface area contributed by atoms with E-state index in [1.54, 1.807) is 30.3 Å². The number of esters is 1. The van der Waals surface area contributed by atoms with Crippen LogP contribution in [0, 0.1) is 0 Å². The van der Waals surface area contributed by atoms with Gasteiger partial charge in [-0.15, -0.1) is 11.3 Å². The lowest BCUT2D eigenvalue weighted by molar-refractivity contribution is 0.0602. The molecular formula is C21H20N2O6S3.